The average Bonchev–Trinajstić information content (AvgIpc) is 2.00. The molecule has 1 N–H and O–H groups in total. The molecule has 1 aliphatic carbocycles. The first kappa shape index (κ1) is 11.3. The third-order valence-corrected chi connectivity index (χ3v) is 2.88. The molecule has 0 amide bonds. The summed E-state index contributed by atoms with van der Waals surface area (Å²) >= 11 is 0. The molecule has 0 spiro atoms. The van der Waals surface area contributed by atoms with Gasteiger partial charge < -0.3 is 5.11 Å². The Labute approximate surface area is 86.8 Å². The highest BCUT2D eigenvalue weighted by Crippen LogP contribution is 2.40. The molecule has 0 aromatic carbocycles. The number of aliphatic hydroxyl groups is 1. The third-order valence-electron chi connectivity index (χ3n) is 2.88. The van der Waals surface area contributed by atoms with Crippen LogP contribution in [0.25, 0.3) is 0 Å². The fourth-order valence-electron chi connectivity index (χ4n) is 2.34. The topological polar surface area (TPSA) is 20.2 Å². The van der Waals surface area contributed by atoms with Crippen LogP contribution >= 0.6 is 0 Å². The van der Waals surface area contributed by atoms with E-state index < -0.39 is 0 Å². The smallest absolute Gasteiger partial charge is 0.0585 e. The average molecular weight is 192 g/mol. The van der Waals surface area contributed by atoms with E-state index in [0.717, 1.165) is 12.8 Å². The van der Waals surface area contributed by atoms with Crippen LogP contribution in [0, 0.1) is 5.41 Å². The first-order valence-electron chi connectivity index (χ1n) is 5.15. The van der Waals surface area contributed by atoms with Crippen molar-refractivity contribution in [3.63, 3.8) is 0 Å². The van der Waals surface area contributed by atoms with E-state index in [2.05, 4.69) is 33.4 Å². The molecule has 0 saturated carbocycles. The fourth-order valence-corrected chi connectivity index (χ4v) is 2.34. The molecule has 0 aromatic heterocycles. The summed E-state index contributed by atoms with van der Waals surface area (Å²) in [6, 6.07) is 0. The Hall–Kier alpha value is -0.820. The van der Waals surface area contributed by atoms with E-state index in [0.29, 0.717) is 0 Å². The zero-order valence-corrected chi connectivity index (χ0v) is 9.38. The minimum Gasteiger partial charge on any atom is -0.393 e. The van der Waals surface area contributed by atoms with E-state index in [1.807, 2.05) is 6.08 Å². The summed E-state index contributed by atoms with van der Waals surface area (Å²) in [6.45, 7) is 10.1. The Morgan fingerprint density at radius 3 is 2.64 bits per heavy atom. The van der Waals surface area contributed by atoms with Crippen molar-refractivity contribution in [2.24, 2.45) is 5.41 Å². The van der Waals surface area contributed by atoms with Crippen molar-refractivity contribution in [2.75, 3.05) is 0 Å². The minimum atomic E-state index is -0.175. The van der Waals surface area contributed by atoms with Gasteiger partial charge in [0.1, 0.15) is 0 Å². The Morgan fingerprint density at radius 2 is 2.14 bits per heavy atom. The van der Waals surface area contributed by atoms with Crippen LogP contribution in [0.1, 0.15) is 33.6 Å². The second-order valence-electron chi connectivity index (χ2n) is 4.73. The number of allylic oxidation sites excluding steroid dienone is 4. The first-order chi connectivity index (χ1) is 6.47. The highest BCUT2D eigenvalue weighted by Gasteiger charge is 2.31. The molecule has 0 fully saturated rings. The third kappa shape index (κ3) is 2.36. The van der Waals surface area contributed by atoms with Crippen LogP contribution in [0.15, 0.2) is 36.0 Å². The number of hydrogen-bond donors (Lipinski definition) is 1. The van der Waals surface area contributed by atoms with Crippen LogP contribution in [0.4, 0.5) is 0 Å². The van der Waals surface area contributed by atoms with Gasteiger partial charge in [-0.15, -0.1) is 0 Å². The monoisotopic (exact) mass is 192 g/mol. The summed E-state index contributed by atoms with van der Waals surface area (Å²) in [5, 5.41) is 9.68. The lowest BCUT2D eigenvalue weighted by Crippen LogP contribution is -2.28. The molecule has 1 unspecified atom stereocenters. The lowest BCUT2D eigenvalue weighted by molar-refractivity contribution is 0.116. The maximum absolute atomic E-state index is 9.68. The van der Waals surface area contributed by atoms with Gasteiger partial charge in [0.2, 0.25) is 0 Å². The summed E-state index contributed by atoms with van der Waals surface area (Å²) in [7, 11) is 0. The minimum absolute atomic E-state index is 0.0846. The fraction of sp³-hybridized carbons (Fsp3) is 0.538. The van der Waals surface area contributed by atoms with E-state index in [1.165, 1.54) is 11.1 Å². The van der Waals surface area contributed by atoms with Crippen LogP contribution in [0.2, 0.25) is 0 Å². The van der Waals surface area contributed by atoms with Gasteiger partial charge in [0, 0.05) is 0 Å². The number of rotatable bonds is 2. The SMILES string of the molecule is C=C/C=C/C1=C(C)CC(O)CC1(C)C. The molecule has 1 atom stereocenters. The van der Waals surface area contributed by atoms with Crippen LogP contribution in [-0.2, 0) is 0 Å². The maximum atomic E-state index is 9.68. The van der Waals surface area contributed by atoms with Crippen LogP contribution < -0.4 is 0 Å². The second kappa shape index (κ2) is 4.14. The van der Waals surface area contributed by atoms with Crippen LogP contribution in [0.3, 0.4) is 0 Å². The molecule has 14 heavy (non-hydrogen) atoms. The Balaban J connectivity index is 3.02. The molecule has 1 aliphatic rings. The zero-order chi connectivity index (χ0) is 10.8. The molecule has 0 aromatic rings. The molecule has 1 rings (SSSR count). The zero-order valence-electron chi connectivity index (χ0n) is 9.38. The van der Waals surface area contributed by atoms with Gasteiger partial charge in [-0.25, -0.2) is 0 Å². The van der Waals surface area contributed by atoms with Crippen molar-refractivity contribution in [1.82, 2.24) is 0 Å². The van der Waals surface area contributed by atoms with Gasteiger partial charge in [0.05, 0.1) is 6.10 Å². The molecule has 1 heteroatoms. The molecule has 0 aliphatic heterocycles. The Morgan fingerprint density at radius 1 is 1.50 bits per heavy atom. The summed E-state index contributed by atoms with van der Waals surface area (Å²) in [6.07, 6.45) is 7.36. The standard InChI is InChI=1S/C13H20O/c1-5-6-7-12-10(2)8-11(14)9-13(12,3)4/h5-7,11,14H,1,8-9H2,2-4H3/b7-6+. The van der Waals surface area contributed by atoms with E-state index in [9.17, 15) is 5.11 Å². The van der Waals surface area contributed by atoms with E-state index in [-0.39, 0.29) is 11.5 Å². The van der Waals surface area contributed by atoms with Crippen molar-refractivity contribution >= 4 is 0 Å². The quantitative estimate of drug-likeness (QED) is 0.666. The van der Waals surface area contributed by atoms with Gasteiger partial charge in [0.15, 0.2) is 0 Å². The maximum Gasteiger partial charge on any atom is 0.0585 e. The van der Waals surface area contributed by atoms with E-state index in [4.69, 9.17) is 0 Å². The highest BCUT2D eigenvalue weighted by atomic mass is 16.3. The second-order valence-corrected chi connectivity index (χ2v) is 4.73. The highest BCUT2D eigenvalue weighted by molar-refractivity contribution is 5.34. The molecule has 0 bridgehead atoms. The van der Waals surface area contributed by atoms with Crippen molar-refractivity contribution < 1.29 is 5.11 Å². The Kier molecular flexibility index (Phi) is 3.33. The lowest BCUT2D eigenvalue weighted by Gasteiger charge is -2.35. The molecule has 0 heterocycles. The summed E-state index contributed by atoms with van der Waals surface area (Å²) in [4.78, 5) is 0. The van der Waals surface area contributed by atoms with E-state index >= 15 is 0 Å². The van der Waals surface area contributed by atoms with Crippen LogP contribution in [-0.4, -0.2) is 11.2 Å². The molecular weight excluding hydrogens is 172 g/mol. The Bertz CT molecular complexity index is 282. The number of hydrogen-bond acceptors (Lipinski definition) is 1. The van der Waals surface area contributed by atoms with E-state index in [1.54, 1.807) is 6.08 Å². The molecule has 0 saturated heterocycles. The van der Waals surface area contributed by atoms with Gasteiger partial charge in [-0.05, 0) is 30.8 Å². The van der Waals surface area contributed by atoms with Gasteiger partial charge >= 0.3 is 0 Å². The molecule has 1 nitrogen and oxygen atoms in total. The predicted octanol–water partition coefficient (Wildman–Crippen LogP) is 3.23. The summed E-state index contributed by atoms with van der Waals surface area (Å²) in [5.41, 5.74) is 2.73. The van der Waals surface area contributed by atoms with Crippen molar-refractivity contribution in [2.45, 2.75) is 39.7 Å². The summed E-state index contributed by atoms with van der Waals surface area (Å²) < 4.78 is 0. The van der Waals surface area contributed by atoms with Gasteiger partial charge in [-0.2, -0.15) is 0 Å². The van der Waals surface area contributed by atoms with Crippen molar-refractivity contribution in [1.29, 1.82) is 0 Å². The van der Waals surface area contributed by atoms with Crippen molar-refractivity contribution in [3.05, 3.63) is 36.0 Å². The van der Waals surface area contributed by atoms with Gasteiger partial charge in [0.25, 0.3) is 0 Å². The van der Waals surface area contributed by atoms with Crippen molar-refractivity contribution in [3.8, 4) is 0 Å². The normalized spacial score (nSPS) is 27.0. The molecule has 78 valence electrons. The predicted molar refractivity (Wildman–Crippen MR) is 61.1 cm³/mol. The van der Waals surface area contributed by atoms with Gasteiger partial charge in [-0.3, -0.25) is 0 Å². The first-order valence-corrected chi connectivity index (χ1v) is 5.15. The van der Waals surface area contributed by atoms with Crippen LogP contribution in [0.5, 0.6) is 0 Å². The number of aliphatic hydroxyl groups excluding tert-OH is 1. The molecule has 0 radical (unpaired) electrons. The lowest BCUT2D eigenvalue weighted by atomic mass is 9.71. The largest absolute Gasteiger partial charge is 0.393 e. The molecular formula is C13H20O. The summed E-state index contributed by atoms with van der Waals surface area (Å²) in [5.74, 6) is 0. The van der Waals surface area contributed by atoms with Gasteiger partial charge in [-0.1, -0.05) is 44.2 Å².